The normalized spacial score (nSPS) is 20.7. The van der Waals surface area contributed by atoms with E-state index in [0.717, 1.165) is 31.8 Å². The Kier molecular flexibility index (Phi) is 2.46. The van der Waals surface area contributed by atoms with Crippen LogP contribution in [0.2, 0.25) is 0 Å². The van der Waals surface area contributed by atoms with Gasteiger partial charge >= 0.3 is 0 Å². The molecule has 0 amide bonds. The lowest BCUT2D eigenvalue weighted by molar-refractivity contribution is 0.0512. The summed E-state index contributed by atoms with van der Waals surface area (Å²) < 4.78 is 7.79. The van der Waals surface area contributed by atoms with Crippen molar-refractivity contribution < 1.29 is 4.74 Å². The predicted octanol–water partition coefficient (Wildman–Crippen LogP) is 0.941. The molecule has 0 atom stereocenters. The van der Waals surface area contributed by atoms with Crippen molar-refractivity contribution in [3.63, 3.8) is 0 Å². The summed E-state index contributed by atoms with van der Waals surface area (Å²) in [5.41, 5.74) is -0.0421. The molecule has 0 aromatic carbocycles. The number of piperidine rings is 1. The van der Waals surface area contributed by atoms with Gasteiger partial charge in [0.15, 0.2) is 0 Å². The van der Waals surface area contributed by atoms with Gasteiger partial charge in [0.1, 0.15) is 5.60 Å². The minimum atomic E-state index is -0.0421. The maximum Gasteiger partial charge on any atom is 0.232 e. The van der Waals surface area contributed by atoms with Crippen LogP contribution in [-0.2, 0) is 7.05 Å². The lowest BCUT2D eigenvalue weighted by Gasteiger charge is -2.33. The van der Waals surface area contributed by atoms with Gasteiger partial charge in [0.05, 0.1) is 12.5 Å². The second-order valence-electron chi connectivity index (χ2n) is 4.18. The third-order valence-electron chi connectivity index (χ3n) is 2.69. The topological polar surface area (TPSA) is 39.1 Å². The molecule has 1 N–H and O–H groups in total. The number of imidazole rings is 1. The fourth-order valence-corrected chi connectivity index (χ4v) is 1.75. The zero-order chi connectivity index (χ0) is 10.0. The third-order valence-corrected chi connectivity index (χ3v) is 2.69. The zero-order valence-electron chi connectivity index (χ0n) is 8.79. The summed E-state index contributed by atoms with van der Waals surface area (Å²) in [5, 5.41) is 3.33. The Balaban J connectivity index is 2.01. The van der Waals surface area contributed by atoms with Gasteiger partial charge in [-0.25, -0.2) is 4.98 Å². The number of nitrogens with one attached hydrogen (secondary N) is 1. The van der Waals surface area contributed by atoms with Gasteiger partial charge in [-0.15, -0.1) is 0 Å². The standard InChI is InChI=1S/C10H17N3O/c1-10(3-5-11-6-4-10)14-9-7-13(2)8-12-9/h7-8,11H,3-6H2,1-2H3. The molecule has 0 radical (unpaired) electrons. The largest absolute Gasteiger partial charge is 0.470 e. The highest BCUT2D eigenvalue weighted by molar-refractivity contribution is 5.06. The Morgan fingerprint density at radius 1 is 1.50 bits per heavy atom. The van der Waals surface area contributed by atoms with Crippen molar-refractivity contribution >= 4 is 0 Å². The molecule has 2 rings (SSSR count). The fraction of sp³-hybridized carbons (Fsp3) is 0.700. The van der Waals surface area contributed by atoms with Gasteiger partial charge in [-0.2, -0.15) is 0 Å². The molecule has 4 nitrogen and oxygen atoms in total. The predicted molar refractivity (Wildman–Crippen MR) is 54.3 cm³/mol. The average Bonchev–Trinajstić information content (AvgIpc) is 2.51. The lowest BCUT2D eigenvalue weighted by atomic mass is 9.95. The summed E-state index contributed by atoms with van der Waals surface area (Å²) in [5.74, 6) is 0.733. The van der Waals surface area contributed by atoms with E-state index in [1.54, 1.807) is 6.33 Å². The molecule has 1 aliphatic rings. The summed E-state index contributed by atoms with van der Waals surface area (Å²) in [4.78, 5) is 4.18. The molecule has 2 heterocycles. The van der Waals surface area contributed by atoms with Crippen LogP contribution in [0.1, 0.15) is 19.8 Å². The first-order valence-electron chi connectivity index (χ1n) is 5.06. The van der Waals surface area contributed by atoms with Gasteiger partial charge in [-0.05, 0) is 32.9 Å². The van der Waals surface area contributed by atoms with Gasteiger partial charge < -0.3 is 14.6 Å². The van der Waals surface area contributed by atoms with Gasteiger partial charge in [0.2, 0.25) is 5.88 Å². The first-order valence-corrected chi connectivity index (χ1v) is 5.06. The van der Waals surface area contributed by atoms with E-state index < -0.39 is 0 Å². The second kappa shape index (κ2) is 3.61. The number of hydrogen-bond acceptors (Lipinski definition) is 3. The van der Waals surface area contributed by atoms with Crippen LogP contribution in [0.15, 0.2) is 12.5 Å². The Bertz CT molecular complexity index is 302. The maximum atomic E-state index is 5.89. The van der Waals surface area contributed by atoms with Gasteiger partial charge in [0, 0.05) is 7.05 Å². The van der Waals surface area contributed by atoms with Crippen LogP contribution in [0.5, 0.6) is 5.88 Å². The Morgan fingerprint density at radius 2 is 2.21 bits per heavy atom. The highest BCUT2D eigenvalue weighted by Crippen LogP contribution is 2.24. The van der Waals surface area contributed by atoms with E-state index in [4.69, 9.17) is 4.74 Å². The molecule has 4 heteroatoms. The number of ether oxygens (including phenoxy) is 1. The summed E-state index contributed by atoms with van der Waals surface area (Å²) in [6.45, 7) is 4.22. The summed E-state index contributed by atoms with van der Waals surface area (Å²) in [6, 6.07) is 0. The monoisotopic (exact) mass is 195 g/mol. The Labute approximate surface area is 84.3 Å². The molecular weight excluding hydrogens is 178 g/mol. The second-order valence-corrected chi connectivity index (χ2v) is 4.18. The SMILES string of the molecule is Cn1cnc(OC2(C)CCNCC2)c1. The van der Waals surface area contributed by atoms with Gasteiger partial charge in [-0.3, -0.25) is 0 Å². The summed E-state index contributed by atoms with van der Waals surface area (Å²) in [7, 11) is 1.95. The van der Waals surface area contributed by atoms with Crippen LogP contribution in [0, 0.1) is 0 Å². The number of nitrogens with zero attached hydrogens (tertiary/aromatic N) is 2. The van der Waals surface area contributed by atoms with E-state index in [-0.39, 0.29) is 5.60 Å². The number of aryl methyl sites for hydroxylation is 1. The quantitative estimate of drug-likeness (QED) is 0.763. The average molecular weight is 195 g/mol. The van der Waals surface area contributed by atoms with Crippen molar-refractivity contribution in [2.24, 2.45) is 7.05 Å². The Hall–Kier alpha value is -1.03. The van der Waals surface area contributed by atoms with Gasteiger partial charge in [0.25, 0.3) is 0 Å². The van der Waals surface area contributed by atoms with Crippen molar-refractivity contribution in [1.82, 2.24) is 14.9 Å². The van der Waals surface area contributed by atoms with E-state index in [2.05, 4.69) is 17.2 Å². The highest BCUT2D eigenvalue weighted by atomic mass is 16.5. The molecule has 1 aromatic heterocycles. The summed E-state index contributed by atoms with van der Waals surface area (Å²) >= 11 is 0. The molecule has 14 heavy (non-hydrogen) atoms. The van der Waals surface area contributed by atoms with Crippen LogP contribution in [0.3, 0.4) is 0 Å². The van der Waals surface area contributed by atoms with Crippen molar-refractivity contribution in [3.8, 4) is 5.88 Å². The van der Waals surface area contributed by atoms with Gasteiger partial charge in [-0.1, -0.05) is 0 Å². The van der Waals surface area contributed by atoms with Crippen molar-refractivity contribution in [2.75, 3.05) is 13.1 Å². The summed E-state index contributed by atoms with van der Waals surface area (Å²) in [6.07, 6.45) is 5.76. The first-order chi connectivity index (χ1) is 6.68. The van der Waals surface area contributed by atoms with E-state index in [0.29, 0.717) is 0 Å². The molecule has 0 saturated carbocycles. The number of rotatable bonds is 2. The maximum absolute atomic E-state index is 5.89. The first kappa shape index (κ1) is 9.52. The Morgan fingerprint density at radius 3 is 2.79 bits per heavy atom. The number of hydrogen-bond donors (Lipinski definition) is 1. The van der Waals surface area contributed by atoms with E-state index in [9.17, 15) is 0 Å². The molecule has 0 unspecified atom stereocenters. The van der Waals surface area contributed by atoms with Crippen LogP contribution in [-0.4, -0.2) is 28.2 Å². The van der Waals surface area contributed by atoms with Crippen LogP contribution in [0.4, 0.5) is 0 Å². The molecule has 1 saturated heterocycles. The van der Waals surface area contributed by atoms with Crippen molar-refractivity contribution in [2.45, 2.75) is 25.4 Å². The third kappa shape index (κ3) is 2.07. The molecule has 0 spiro atoms. The van der Waals surface area contributed by atoms with E-state index in [1.807, 2.05) is 17.8 Å². The van der Waals surface area contributed by atoms with Crippen LogP contribution >= 0.6 is 0 Å². The zero-order valence-corrected chi connectivity index (χ0v) is 8.79. The molecule has 78 valence electrons. The molecular formula is C10H17N3O. The lowest BCUT2D eigenvalue weighted by Crippen LogP contribution is -2.43. The molecule has 0 bridgehead atoms. The van der Waals surface area contributed by atoms with Crippen LogP contribution in [0.25, 0.3) is 0 Å². The van der Waals surface area contributed by atoms with Crippen molar-refractivity contribution in [3.05, 3.63) is 12.5 Å². The van der Waals surface area contributed by atoms with Crippen molar-refractivity contribution in [1.29, 1.82) is 0 Å². The molecule has 1 aliphatic heterocycles. The number of aromatic nitrogens is 2. The minimum absolute atomic E-state index is 0.0421. The smallest absolute Gasteiger partial charge is 0.232 e. The van der Waals surface area contributed by atoms with Crippen LogP contribution < -0.4 is 10.1 Å². The highest BCUT2D eigenvalue weighted by Gasteiger charge is 2.29. The fourth-order valence-electron chi connectivity index (χ4n) is 1.75. The molecule has 0 aliphatic carbocycles. The van der Waals surface area contributed by atoms with E-state index >= 15 is 0 Å². The van der Waals surface area contributed by atoms with E-state index in [1.165, 1.54) is 0 Å². The minimum Gasteiger partial charge on any atom is -0.470 e. The molecule has 1 aromatic rings. The molecule has 1 fully saturated rings.